The van der Waals surface area contributed by atoms with E-state index < -0.39 is 97.5 Å². The summed E-state index contributed by atoms with van der Waals surface area (Å²) < 4.78 is 69.0. The topological polar surface area (TPSA) is 237 Å². The summed E-state index contributed by atoms with van der Waals surface area (Å²) >= 11 is 0. The Kier molecular flexibility index (Phi) is 76.6. The van der Waals surface area contributed by atoms with E-state index in [1.54, 1.807) is 0 Å². The molecule has 0 saturated carbocycles. The Morgan fingerprint density at radius 1 is 0.271 bits per heavy atom. The predicted molar refractivity (Wildman–Crippen MR) is 441 cm³/mol. The van der Waals surface area contributed by atoms with Gasteiger partial charge in [-0.15, -0.1) is 0 Å². The van der Waals surface area contributed by atoms with Crippen LogP contribution >= 0.6 is 15.6 Å². The number of aliphatic hydroxyl groups excluding tert-OH is 1. The number of esters is 4. The fraction of sp³-hybridized carbons (Fsp3) is 0.955. The lowest BCUT2D eigenvalue weighted by atomic mass is 9.99. The number of hydrogen-bond acceptors (Lipinski definition) is 15. The second-order valence-electron chi connectivity index (χ2n) is 32.6. The Morgan fingerprint density at radius 2 is 0.477 bits per heavy atom. The number of carbonyl (C=O) groups excluding carboxylic acids is 4. The van der Waals surface area contributed by atoms with Gasteiger partial charge in [0, 0.05) is 25.7 Å². The zero-order valence-electron chi connectivity index (χ0n) is 70.6. The predicted octanol–water partition coefficient (Wildman–Crippen LogP) is 26.9. The molecule has 0 rings (SSSR count). The molecule has 0 radical (unpaired) electrons. The molecule has 0 aromatic rings. The van der Waals surface area contributed by atoms with Crippen molar-refractivity contribution in [1.29, 1.82) is 0 Å². The van der Waals surface area contributed by atoms with Crippen LogP contribution in [0.25, 0.3) is 0 Å². The van der Waals surface area contributed by atoms with E-state index in [1.165, 1.54) is 270 Å². The van der Waals surface area contributed by atoms with E-state index >= 15 is 0 Å². The number of rotatable bonds is 86. The van der Waals surface area contributed by atoms with Crippen molar-refractivity contribution in [3.63, 3.8) is 0 Å². The van der Waals surface area contributed by atoms with Crippen molar-refractivity contribution in [2.75, 3.05) is 39.6 Å². The van der Waals surface area contributed by atoms with Crippen LogP contribution in [-0.4, -0.2) is 96.7 Å². The van der Waals surface area contributed by atoms with E-state index in [0.717, 1.165) is 108 Å². The average Bonchev–Trinajstić information content (AvgIpc) is 0.901. The van der Waals surface area contributed by atoms with Crippen molar-refractivity contribution < 1.29 is 80.2 Å². The molecule has 19 heteroatoms. The first kappa shape index (κ1) is 105. The van der Waals surface area contributed by atoms with Gasteiger partial charge in [0.1, 0.15) is 19.3 Å². The van der Waals surface area contributed by atoms with Crippen molar-refractivity contribution >= 4 is 39.5 Å². The quantitative estimate of drug-likeness (QED) is 0.0222. The number of phosphoric acid groups is 2. The number of unbranched alkanes of at least 4 members (excludes halogenated alkanes) is 52. The van der Waals surface area contributed by atoms with Crippen LogP contribution in [0.5, 0.6) is 0 Å². The molecule has 0 amide bonds. The van der Waals surface area contributed by atoms with Gasteiger partial charge in [0.05, 0.1) is 26.4 Å². The molecule has 0 aromatic carbocycles. The van der Waals surface area contributed by atoms with Gasteiger partial charge in [0.2, 0.25) is 0 Å². The van der Waals surface area contributed by atoms with Gasteiger partial charge in [-0.25, -0.2) is 9.13 Å². The molecule has 0 aliphatic rings. The lowest BCUT2D eigenvalue weighted by Gasteiger charge is -2.21. The van der Waals surface area contributed by atoms with E-state index in [4.69, 9.17) is 37.0 Å². The maximum Gasteiger partial charge on any atom is 0.472 e. The van der Waals surface area contributed by atoms with Crippen molar-refractivity contribution in [2.24, 2.45) is 17.8 Å². The van der Waals surface area contributed by atoms with Crippen molar-refractivity contribution in [3.8, 4) is 0 Å². The van der Waals surface area contributed by atoms with Gasteiger partial charge in [-0.1, -0.05) is 414 Å². The molecule has 3 N–H and O–H groups in total. The van der Waals surface area contributed by atoms with Crippen LogP contribution in [-0.2, 0) is 65.4 Å². The van der Waals surface area contributed by atoms with Gasteiger partial charge in [-0.3, -0.25) is 37.3 Å². The van der Waals surface area contributed by atoms with Crippen LogP contribution in [0.3, 0.4) is 0 Å². The monoisotopic (exact) mass is 1560 g/mol. The van der Waals surface area contributed by atoms with E-state index in [0.29, 0.717) is 31.6 Å². The molecular formula is C88H172O17P2. The molecule has 0 saturated heterocycles. The van der Waals surface area contributed by atoms with Crippen LogP contribution in [0, 0.1) is 17.8 Å². The molecule has 0 aliphatic heterocycles. The molecule has 0 heterocycles. The number of carbonyl (C=O) groups is 4. The summed E-state index contributed by atoms with van der Waals surface area (Å²) in [6.45, 7) is 12.0. The van der Waals surface area contributed by atoms with Gasteiger partial charge in [-0.2, -0.15) is 0 Å². The van der Waals surface area contributed by atoms with Crippen LogP contribution in [0.2, 0.25) is 0 Å². The van der Waals surface area contributed by atoms with Crippen molar-refractivity contribution in [1.82, 2.24) is 0 Å². The molecule has 107 heavy (non-hydrogen) atoms. The number of ether oxygens (including phenoxy) is 4. The summed E-state index contributed by atoms with van der Waals surface area (Å²) in [4.78, 5) is 73.3. The van der Waals surface area contributed by atoms with Crippen LogP contribution in [0.1, 0.15) is 466 Å². The standard InChI is InChI=1S/C88H172O17P2/c1-8-11-12-13-14-15-16-17-18-19-20-21-22-23-24-32-37-42-49-57-64-71-87(92)104-83(75-98-85(90)69-62-55-48-41-36-31-27-25-29-34-39-46-53-60-67-80(6)9-2)77-102-106(94,95)100-73-82(89)74-101-107(96,97)103-78-84(76-99-86(91)70-63-56-51-44-45-52-59-66-79(4)5)105-88(93)72-65-58-50-43-38-33-28-26-30-35-40-47-54-61-68-81(7)10-3/h79-84,89H,8-78H2,1-7H3,(H,94,95)(H,96,97)/t80?,81?,82-,83-,84-/m1/s1. The minimum atomic E-state index is -4.97. The molecule has 0 aromatic heterocycles. The molecule has 17 nitrogen and oxygen atoms in total. The summed E-state index contributed by atoms with van der Waals surface area (Å²) in [7, 11) is -9.93. The SMILES string of the molecule is CCCCCCCCCCCCCCCCCCCCCCCC(=O)O[C@H](COC(=O)CCCCCCCCCCCCCCCCC(C)CC)COP(=O)(O)OC[C@@H](O)COP(=O)(O)OC[C@@H](COC(=O)CCCCCCCCCC(C)C)OC(=O)CCCCCCCCCCCCCCCCC(C)CC. The highest BCUT2D eigenvalue weighted by molar-refractivity contribution is 7.47. The zero-order chi connectivity index (χ0) is 78.6. The molecular weight excluding hydrogens is 1390 g/mol. The number of phosphoric ester groups is 2. The summed E-state index contributed by atoms with van der Waals surface area (Å²) in [5.74, 6) is 0.297. The Hall–Kier alpha value is -1.94. The number of hydrogen-bond donors (Lipinski definition) is 3. The summed E-state index contributed by atoms with van der Waals surface area (Å²) in [6.07, 6.45) is 69.5. The minimum absolute atomic E-state index is 0.107. The summed E-state index contributed by atoms with van der Waals surface area (Å²) in [5, 5.41) is 10.7. The van der Waals surface area contributed by atoms with Gasteiger partial charge in [0.15, 0.2) is 12.2 Å². The van der Waals surface area contributed by atoms with Crippen LogP contribution in [0.15, 0.2) is 0 Å². The summed E-state index contributed by atoms with van der Waals surface area (Å²) in [5.41, 5.74) is 0. The second-order valence-corrected chi connectivity index (χ2v) is 35.5. The van der Waals surface area contributed by atoms with Gasteiger partial charge >= 0.3 is 39.5 Å². The highest BCUT2D eigenvalue weighted by atomic mass is 31.2. The fourth-order valence-electron chi connectivity index (χ4n) is 13.7. The fourth-order valence-corrected chi connectivity index (χ4v) is 15.2. The van der Waals surface area contributed by atoms with Crippen molar-refractivity contribution in [3.05, 3.63) is 0 Å². The Morgan fingerprint density at radius 3 is 0.710 bits per heavy atom. The van der Waals surface area contributed by atoms with E-state index in [2.05, 4.69) is 48.5 Å². The average molecular weight is 1560 g/mol. The zero-order valence-corrected chi connectivity index (χ0v) is 72.4. The second kappa shape index (κ2) is 78.0. The summed E-state index contributed by atoms with van der Waals surface area (Å²) in [6, 6.07) is 0. The van der Waals surface area contributed by atoms with Crippen molar-refractivity contribution in [2.45, 2.75) is 484 Å². The molecule has 0 fully saturated rings. The first-order valence-electron chi connectivity index (χ1n) is 45.4. The molecule has 4 unspecified atom stereocenters. The van der Waals surface area contributed by atoms with Crippen LogP contribution < -0.4 is 0 Å². The lowest BCUT2D eigenvalue weighted by molar-refractivity contribution is -0.161. The third-order valence-electron chi connectivity index (χ3n) is 21.4. The molecule has 0 aliphatic carbocycles. The maximum absolute atomic E-state index is 13.2. The van der Waals surface area contributed by atoms with E-state index in [1.807, 2.05) is 0 Å². The molecule has 0 bridgehead atoms. The molecule has 7 atom stereocenters. The third kappa shape index (κ3) is 79.1. The Labute approximate surface area is 658 Å². The van der Waals surface area contributed by atoms with Gasteiger partial charge < -0.3 is 33.8 Å². The highest BCUT2D eigenvalue weighted by Crippen LogP contribution is 2.45. The minimum Gasteiger partial charge on any atom is -0.462 e. The normalized spacial score (nSPS) is 14.3. The van der Waals surface area contributed by atoms with Gasteiger partial charge in [0.25, 0.3) is 0 Å². The highest BCUT2D eigenvalue weighted by Gasteiger charge is 2.31. The Bertz CT molecular complexity index is 2060. The third-order valence-corrected chi connectivity index (χ3v) is 23.3. The lowest BCUT2D eigenvalue weighted by Crippen LogP contribution is -2.30. The van der Waals surface area contributed by atoms with E-state index in [9.17, 15) is 43.2 Å². The van der Waals surface area contributed by atoms with Gasteiger partial charge in [-0.05, 0) is 43.4 Å². The maximum atomic E-state index is 13.2. The first-order valence-corrected chi connectivity index (χ1v) is 48.4. The molecule has 0 spiro atoms. The number of aliphatic hydroxyl groups is 1. The largest absolute Gasteiger partial charge is 0.472 e. The smallest absolute Gasteiger partial charge is 0.462 e. The Balaban J connectivity index is 5.23. The first-order chi connectivity index (χ1) is 51.8. The van der Waals surface area contributed by atoms with E-state index in [-0.39, 0.29) is 25.7 Å². The molecule has 636 valence electrons. The van der Waals surface area contributed by atoms with Crippen LogP contribution in [0.4, 0.5) is 0 Å².